The predicted octanol–water partition coefficient (Wildman–Crippen LogP) is 3.58. The molecule has 0 atom stereocenters. The molecule has 1 aromatic carbocycles. The maximum absolute atomic E-state index is 5.84. The molecule has 0 aliphatic carbocycles. The Balaban J connectivity index is 2.91. The lowest BCUT2D eigenvalue weighted by molar-refractivity contribution is 1.43. The summed E-state index contributed by atoms with van der Waals surface area (Å²) in [6, 6.07) is 3.82. The molecule has 0 unspecified atom stereocenters. The van der Waals surface area contributed by atoms with E-state index in [9.17, 15) is 0 Å². The summed E-state index contributed by atoms with van der Waals surface area (Å²) in [6.45, 7) is 0. The zero-order valence-electron chi connectivity index (χ0n) is 5.57. The molecule has 1 aromatic heterocycles. The normalized spacial score (nSPS) is 10.7. The SMILES string of the molecule is Clc1cc(Br)c2c[nH]cc2c1. The third-order valence-corrected chi connectivity index (χ3v) is 2.47. The van der Waals surface area contributed by atoms with Crippen LogP contribution in [-0.2, 0) is 0 Å². The van der Waals surface area contributed by atoms with E-state index in [2.05, 4.69) is 20.9 Å². The first-order chi connectivity index (χ1) is 5.27. The second-order valence-electron chi connectivity index (χ2n) is 2.35. The molecule has 0 bridgehead atoms. The van der Waals surface area contributed by atoms with Gasteiger partial charge in [0.15, 0.2) is 0 Å². The van der Waals surface area contributed by atoms with E-state index < -0.39 is 0 Å². The smallest absolute Gasteiger partial charge is 0.0424 e. The summed E-state index contributed by atoms with van der Waals surface area (Å²) >= 11 is 9.26. The van der Waals surface area contributed by atoms with Crippen molar-refractivity contribution in [2.45, 2.75) is 0 Å². The lowest BCUT2D eigenvalue weighted by Gasteiger charge is -1.94. The van der Waals surface area contributed by atoms with Crippen molar-refractivity contribution in [2.24, 2.45) is 0 Å². The molecule has 0 saturated heterocycles. The Hall–Kier alpha value is -0.470. The van der Waals surface area contributed by atoms with Crippen LogP contribution >= 0.6 is 27.5 Å². The molecule has 2 aromatic rings. The van der Waals surface area contributed by atoms with Gasteiger partial charge in [0.05, 0.1) is 0 Å². The summed E-state index contributed by atoms with van der Waals surface area (Å²) in [5.41, 5.74) is 0. The van der Waals surface area contributed by atoms with E-state index in [1.807, 2.05) is 24.5 Å². The van der Waals surface area contributed by atoms with Crippen LogP contribution in [0.25, 0.3) is 10.8 Å². The fourth-order valence-electron chi connectivity index (χ4n) is 1.09. The van der Waals surface area contributed by atoms with E-state index in [1.54, 1.807) is 0 Å². The van der Waals surface area contributed by atoms with Crippen molar-refractivity contribution in [3.8, 4) is 0 Å². The molecule has 1 heterocycles. The third kappa shape index (κ3) is 1.17. The highest BCUT2D eigenvalue weighted by molar-refractivity contribution is 9.10. The van der Waals surface area contributed by atoms with Crippen LogP contribution in [-0.4, -0.2) is 4.98 Å². The average molecular weight is 230 g/mol. The molecule has 3 heteroatoms. The number of H-pyrrole nitrogens is 1. The number of halogens is 2. The van der Waals surface area contributed by atoms with Gasteiger partial charge >= 0.3 is 0 Å². The minimum Gasteiger partial charge on any atom is -0.366 e. The van der Waals surface area contributed by atoms with E-state index in [1.165, 1.54) is 0 Å². The van der Waals surface area contributed by atoms with Crippen molar-refractivity contribution < 1.29 is 0 Å². The van der Waals surface area contributed by atoms with Crippen molar-refractivity contribution in [1.82, 2.24) is 4.98 Å². The lowest BCUT2D eigenvalue weighted by atomic mass is 10.2. The van der Waals surface area contributed by atoms with Gasteiger partial charge in [-0.2, -0.15) is 0 Å². The van der Waals surface area contributed by atoms with E-state index in [0.717, 1.165) is 20.3 Å². The minimum atomic E-state index is 0.754. The Morgan fingerprint density at radius 2 is 2.09 bits per heavy atom. The first-order valence-corrected chi connectivity index (χ1v) is 4.36. The third-order valence-electron chi connectivity index (χ3n) is 1.59. The van der Waals surface area contributed by atoms with Crippen molar-refractivity contribution in [3.63, 3.8) is 0 Å². The van der Waals surface area contributed by atoms with Gasteiger partial charge in [0.25, 0.3) is 0 Å². The van der Waals surface area contributed by atoms with Gasteiger partial charge in [-0.05, 0) is 12.1 Å². The van der Waals surface area contributed by atoms with Crippen molar-refractivity contribution >= 4 is 38.3 Å². The van der Waals surface area contributed by atoms with Gasteiger partial charge < -0.3 is 4.98 Å². The number of rotatable bonds is 0. The quantitative estimate of drug-likeness (QED) is 0.712. The predicted molar refractivity (Wildman–Crippen MR) is 51.0 cm³/mol. The first-order valence-electron chi connectivity index (χ1n) is 3.19. The molecule has 0 radical (unpaired) electrons. The second-order valence-corrected chi connectivity index (χ2v) is 3.64. The molecule has 0 aliphatic rings. The van der Waals surface area contributed by atoms with Gasteiger partial charge in [-0.25, -0.2) is 0 Å². The molecule has 11 heavy (non-hydrogen) atoms. The first kappa shape index (κ1) is 7.19. The number of nitrogens with one attached hydrogen (secondary N) is 1. The summed E-state index contributed by atoms with van der Waals surface area (Å²) in [5.74, 6) is 0. The summed E-state index contributed by atoms with van der Waals surface area (Å²) < 4.78 is 1.03. The van der Waals surface area contributed by atoms with Crippen LogP contribution in [0.2, 0.25) is 5.02 Å². The van der Waals surface area contributed by atoms with Crippen molar-refractivity contribution in [1.29, 1.82) is 0 Å². The Kier molecular flexibility index (Phi) is 1.66. The highest BCUT2D eigenvalue weighted by Crippen LogP contribution is 2.27. The fraction of sp³-hybridized carbons (Fsp3) is 0. The highest BCUT2D eigenvalue weighted by Gasteiger charge is 1.99. The van der Waals surface area contributed by atoms with Crippen LogP contribution in [0.3, 0.4) is 0 Å². The zero-order chi connectivity index (χ0) is 7.84. The van der Waals surface area contributed by atoms with E-state index >= 15 is 0 Å². The number of hydrogen-bond acceptors (Lipinski definition) is 0. The maximum atomic E-state index is 5.84. The molecular weight excluding hydrogens is 225 g/mol. The van der Waals surface area contributed by atoms with Crippen LogP contribution in [0.1, 0.15) is 0 Å². The number of aromatic amines is 1. The number of hydrogen-bond donors (Lipinski definition) is 1. The largest absolute Gasteiger partial charge is 0.366 e. The molecule has 1 nitrogen and oxygen atoms in total. The van der Waals surface area contributed by atoms with Crippen LogP contribution in [0.5, 0.6) is 0 Å². The van der Waals surface area contributed by atoms with Gasteiger partial charge in [-0.1, -0.05) is 27.5 Å². The zero-order valence-corrected chi connectivity index (χ0v) is 7.91. The van der Waals surface area contributed by atoms with Crippen molar-refractivity contribution in [3.05, 3.63) is 34.0 Å². The molecule has 0 spiro atoms. The molecule has 0 fully saturated rings. The lowest BCUT2D eigenvalue weighted by Crippen LogP contribution is -1.67. The summed E-state index contributed by atoms with van der Waals surface area (Å²) in [4.78, 5) is 3.02. The van der Waals surface area contributed by atoms with Crippen molar-refractivity contribution in [2.75, 3.05) is 0 Å². The van der Waals surface area contributed by atoms with Crippen LogP contribution in [0.4, 0.5) is 0 Å². The molecule has 2 rings (SSSR count). The average Bonchev–Trinajstić information content (AvgIpc) is 2.34. The topological polar surface area (TPSA) is 15.8 Å². The summed E-state index contributed by atoms with van der Waals surface area (Å²) in [6.07, 6.45) is 3.86. The number of fused-ring (bicyclic) bond motifs is 1. The van der Waals surface area contributed by atoms with Crippen LogP contribution in [0.15, 0.2) is 29.0 Å². The van der Waals surface area contributed by atoms with E-state index in [-0.39, 0.29) is 0 Å². The monoisotopic (exact) mass is 229 g/mol. The molecule has 0 aliphatic heterocycles. The summed E-state index contributed by atoms with van der Waals surface area (Å²) in [5, 5.41) is 3.04. The molecule has 1 N–H and O–H groups in total. The van der Waals surface area contributed by atoms with Gasteiger partial charge in [0, 0.05) is 32.7 Å². The molecule has 56 valence electrons. The molecular formula is C8H5BrClN. The second kappa shape index (κ2) is 2.54. The van der Waals surface area contributed by atoms with Gasteiger partial charge in [-0.3, -0.25) is 0 Å². The Labute approximate surface area is 77.5 Å². The highest BCUT2D eigenvalue weighted by atomic mass is 79.9. The van der Waals surface area contributed by atoms with Crippen LogP contribution in [0, 0.1) is 0 Å². The van der Waals surface area contributed by atoms with Gasteiger partial charge in [0.2, 0.25) is 0 Å². The Bertz CT molecular complexity index is 394. The Morgan fingerprint density at radius 3 is 2.91 bits per heavy atom. The minimum absolute atomic E-state index is 0.754. The fourth-order valence-corrected chi connectivity index (χ4v) is 2.04. The van der Waals surface area contributed by atoms with Crippen LogP contribution < -0.4 is 0 Å². The number of benzene rings is 1. The Morgan fingerprint density at radius 1 is 1.27 bits per heavy atom. The molecule has 0 amide bonds. The maximum Gasteiger partial charge on any atom is 0.0424 e. The van der Waals surface area contributed by atoms with Gasteiger partial charge in [0.1, 0.15) is 0 Å². The molecule has 0 saturated carbocycles. The van der Waals surface area contributed by atoms with E-state index in [0.29, 0.717) is 0 Å². The summed E-state index contributed by atoms with van der Waals surface area (Å²) in [7, 11) is 0. The van der Waals surface area contributed by atoms with Gasteiger partial charge in [-0.15, -0.1) is 0 Å². The van der Waals surface area contributed by atoms with E-state index in [4.69, 9.17) is 11.6 Å². The number of aromatic nitrogens is 1. The standard InChI is InChI=1S/C8H5BrClN/c9-8-2-6(10)1-5-3-11-4-7(5)8/h1-4,11H.